The molecule has 1 aromatic carbocycles. The second kappa shape index (κ2) is 9.52. The minimum atomic E-state index is -0.523. The van der Waals surface area contributed by atoms with Gasteiger partial charge in [-0.1, -0.05) is 26.7 Å². The Morgan fingerprint density at radius 2 is 1.96 bits per heavy atom. The maximum absolute atomic E-state index is 12.9. The fourth-order valence-corrected chi connectivity index (χ4v) is 3.15. The van der Waals surface area contributed by atoms with E-state index in [0.29, 0.717) is 29.7 Å². The average Bonchev–Trinajstić information content (AvgIpc) is 2.60. The molecule has 134 valence electrons. The molecule has 0 aliphatic rings. The molecular weight excluding hydrogens is 328 g/mol. The number of carbonyl (C=O) groups excluding carboxylic acids is 1. The van der Waals surface area contributed by atoms with E-state index >= 15 is 0 Å². The molecule has 0 heterocycles. The fourth-order valence-electron chi connectivity index (χ4n) is 2.58. The maximum atomic E-state index is 12.9. The van der Waals surface area contributed by atoms with Crippen LogP contribution in [-0.4, -0.2) is 42.2 Å². The second-order valence-electron chi connectivity index (χ2n) is 5.51. The van der Waals surface area contributed by atoms with E-state index in [9.17, 15) is 14.9 Å². The van der Waals surface area contributed by atoms with Crippen LogP contribution in [0.5, 0.6) is 5.75 Å². The number of hydrogen-bond acceptors (Lipinski definition) is 5. The highest BCUT2D eigenvalue weighted by Gasteiger charge is 2.27. The van der Waals surface area contributed by atoms with Crippen molar-refractivity contribution in [3.05, 3.63) is 27.8 Å². The molecule has 0 aliphatic carbocycles. The molecule has 0 bridgehead atoms. The van der Waals surface area contributed by atoms with Crippen LogP contribution in [0.2, 0.25) is 0 Å². The molecule has 0 fully saturated rings. The Morgan fingerprint density at radius 1 is 1.33 bits per heavy atom. The molecule has 0 aromatic heterocycles. The first-order valence-corrected chi connectivity index (χ1v) is 9.35. The van der Waals surface area contributed by atoms with Crippen LogP contribution in [0.4, 0.5) is 5.69 Å². The Morgan fingerprint density at radius 3 is 2.38 bits per heavy atom. The van der Waals surface area contributed by atoms with E-state index in [4.69, 9.17) is 4.74 Å². The molecule has 1 rings (SSSR count). The van der Waals surface area contributed by atoms with E-state index < -0.39 is 4.92 Å². The average molecular weight is 354 g/mol. The highest BCUT2D eigenvalue weighted by atomic mass is 32.2. The second-order valence-corrected chi connectivity index (χ2v) is 6.36. The van der Waals surface area contributed by atoms with Crippen molar-refractivity contribution >= 4 is 23.4 Å². The van der Waals surface area contributed by atoms with E-state index in [1.54, 1.807) is 11.0 Å². The summed E-state index contributed by atoms with van der Waals surface area (Å²) in [5, 5.41) is 11.4. The number of methoxy groups -OCH3 is 1. The van der Waals surface area contributed by atoms with Crippen molar-refractivity contribution in [1.29, 1.82) is 0 Å². The van der Waals surface area contributed by atoms with Gasteiger partial charge in [0.05, 0.1) is 23.0 Å². The maximum Gasteiger partial charge on any atom is 0.285 e. The zero-order chi connectivity index (χ0) is 18.3. The summed E-state index contributed by atoms with van der Waals surface area (Å²) in [6.45, 7) is 7.21. The molecule has 0 radical (unpaired) electrons. The molecule has 0 unspecified atom stereocenters. The van der Waals surface area contributed by atoms with Gasteiger partial charge < -0.3 is 9.64 Å². The molecule has 1 amide bonds. The number of amides is 1. The van der Waals surface area contributed by atoms with Gasteiger partial charge in [0.15, 0.2) is 0 Å². The van der Waals surface area contributed by atoms with Crippen molar-refractivity contribution in [3.8, 4) is 5.75 Å². The third-order valence-electron chi connectivity index (χ3n) is 4.23. The number of nitro groups is 1. The Labute approximate surface area is 147 Å². The zero-order valence-electron chi connectivity index (χ0n) is 15.0. The highest BCUT2D eigenvalue weighted by Crippen LogP contribution is 2.35. The van der Waals surface area contributed by atoms with Gasteiger partial charge in [-0.2, -0.15) is 0 Å². The number of ether oxygens (including phenoxy) is 1. The van der Waals surface area contributed by atoms with Crippen LogP contribution in [0.1, 0.15) is 44.0 Å². The summed E-state index contributed by atoms with van der Waals surface area (Å²) in [6.07, 6.45) is 3.79. The van der Waals surface area contributed by atoms with Gasteiger partial charge in [-0.15, -0.1) is 11.8 Å². The Balaban J connectivity index is 3.30. The topological polar surface area (TPSA) is 72.7 Å². The zero-order valence-corrected chi connectivity index (χ0v) is 15.8. The van der Waals surface area contributed by atoms with Crippen LogP contribution in [0, 0.1) is 16.0 Å². The number of carbonyl (C=O) groups is 1. The summed E-state index contributed by atoms with van der Waals surface area (Å²) < 4.78 is 5.20. The molecule has 0 spiro atoms. The molecule has 6 nitrogen and oxygen atoms in total. The molecule has 7 heteroatoms. The Hall–Kier alpha value is -1.76. The number of benzene rings is 1. The fraction of sp³-hybridized carbons (Fsp3) is 0.588. The van der Waals surface area contributed by atoms with E-state index in [1.165, 1.54) is 24.9 Å². The number of nitro benzene ring substituents is 1. The van der Waals surface area contributed by atoms with E-state index in [-0.39, 0.29) is 17.2 Å². The van der Waals surface area contributed by atoms with Crippen LogP contribution in [0.25, 0.3) is 0 Å². The van der Waals surface area contributed by atoms with Gasteiger partial charge in [-0.3, -0.25) is 14.9 Å². The third kappa shape index (κ3) is 4.63. The SMILES string of the molecule is CCC(CC)CN(CC)C(=O)c1cc(SC)c(OC)cc1[N+](=O)[O-]. The van der Waals surface area contributed by atoms with Crippen molar-refractivity contribution in [2.45, 2.75) is 38.5 Å². The minimum absolute atomic E-state index is 0.123. The number of hydrogen-bond donors (Lipinski definition) is 0. The summed E-state index contributed by atoms with van der Waals surface area (Å²) >= 11 is 1.40. The van der Waals surface area contributed by atoms with Gasteiger partial charge in [0.25, 0.3) is 11.6 Å². The first kappa shape index (κ1) is 20.3. The molecule has 0 saturated carbocycles. The molecule has 0 atom stereocenters. The van der Waals surface area contributed by atoms with Gasteiger partial charge in [-0.25, -0.2) is 0 Å². The van der Waals surface area contributed by atoms with Gasteiger partial charge in [-0.05, 0) is 25.2 Å². The summed E-state index contributed by atoms with van der Waals surface area (Å²) in [7, 11) is 1.46. The predicted octanol–water partition coefficient (Wildman–Crippen LogP) is 4.22. The number of thioether (sulfide) groups is 1. The minimum Gasteiger partial charge on any atom is -0.495 e. The lowest BCUT2D eigenvalue weighted by Crippen LogP contribution is -2.35. The van der Waals surface area contributed by atoms with Crippen molar-refractivity contribution in [2.24, 2.45) is 5.92 Å². The van der Waals surface area contributed by atoms with Crippen molar-refractivity contribution in [3.63, 3.8) is 0 Å². The van der Waals surface area contributed by atoms with Crippen LogP contribution < -0.4 is 4.74 Å². The third-order valence-corrected chi connectivity index (χ3v) is 4.99. The lowest BCUT2D eigenvalue weighted by atomic mass is 10.0. The lowest BCUT2D eigenvalue weighted by Gasteiger charge is -2.25. The molecular formula is C17H26N2O4S. The van der Waals surface area contributed by atoms with Gasteiger partial charge in [0.1, 0.15) is 11.3 Å². The molecule has 1 aromatic rings. The summed E-state index contributed by atoms with van der Waals surface area (Å²) in [5.74, 6) is 0.508. The van der Waals surface area contributed by atoms with Crippen molar-refractivity contribution in [2.75, 3.05) is 26.5 Å². The summed E-state index contributed by atoms with van der Waals surface area (Å²) in [5.41, 5.74) is -0.0874. The quantitative estimate of drug-likeness (QED) is 0.377. The van der Waals surface area contributed by atoms with Crippen molar-refractivity contribution < 1.29 is 14.5 Å². The van der Waals surface area contributed by atoms with Crippen LogP contribution in [-0.2, 0) is 0 Å². The largest absolute Gasteiger partial charge is 0.495 e. The monoisotopic (exact) mass is 354 g/mol. The molecule has 0 saturated heterocycles. The first-order valence-electron chi connectivity index (χ1n) is 8.12. The standard InChI is InChI=1S/C17H26N2O4S/c1-6-12(7-2)11-18(8-3)17(20)13-9-16(24-5)15(23-4)10-14(13)19(21)22/h9-10,12H,6-8,11H2,1-5H3. The first-order chi connectivity index (χ1) is 11.4. The van der Waals surface area contributed by atoms with E-state index in [2.05, 4.69) is 13.8 Å². The van der Waals surface area contributed by atoms with E-state index in [0.717, 1.165) is 12.8 Å². The smallest absolute Gasteiger partial charge is 0.285 e. The molecule has 24 heavy (non-hydrogen) atoms. The van der Waals surface area contributed by atoms with Gasteiger partial charge >= 0.3 is 0 Å². The van der Waals surface area contributed by atoms with Crippen LogP contribution >= 0.6 is 11.8 Å². The predicted molar refractivity (Wildman–Crippen MR) is 97.1 cm³/mol. The number of nitrogens with zero attached hydrogens (tertiary/aromatic N) is 2. The summed E-state index contributed by atoms with van der Waals surface area (Å²) in [6, 6.07) is 2.91. The molecule has 0 aliphatic heterocycles. The molecule has 0 N–H and O–H groups in total. The van der Waals surface area contributed by atoms with Crippen molar-refractivity contribution in [1.82, 2.24) is 4.90 Å². The van der Waals surface area contributed by atoms with Gasteiger partial charge in [0.2, 0.25) is 0 Å². The summed E-state index contributed by atoms with van der Waals surface area (Å²) in [4.78, 5) is 26.2. The number of rotatable bonds is 9. The Kier molecular flexibility index (Phi) is 8.04. The normalized spacial score (nSPS) is 10.8. The van der Waals surface area contributed by atoms with Crippen LogP contribution in [0.15, 0.2) is 17.0 Å². The Bertz CT molecular complexity index is 588. The lowest BCUT2D eigenvalue weighted by molar-refractivity contribution is -0.385. The van der Waals surface area contributed by atoms with E-state index in [1.807, 2.05) is 13.2 Å². The highest BCUT2D eigenvalue weighted by molar-refractivity contribution is 7.98. The van der Waals surface area contributed by atoms with Crippen LogP contribution in [0.3, 0.4) is 0 Å². The van der Waals surface area contributed by atoms with Gasteiger partial charge in [0, 0.05) is 13.1 Å².